The zero-order chi connectivity index (χ0) is 11.0. The number of carbonyl (C=O) groups excluding carboxylic acids is 1. The van der Waals surface area contributed by atoms with E-state index in [1.165, 1.54) is 11.1 Å². The van der Waals surface area contributed by atoms with Crippen molar-refractivity contribution < 1.29 is 4.79 Å². The summed E-state index contributed by atoms with van der Waals surface area (Å²) in [5.41, 5.74) is 3.31. The van der Waals surface area contributed by atoms with Crippen molar-refractivity contribution in [1.29, 1.82) is 0 Å². The van der Waals surface area contributed by atoms with Gasteiger partial charge in [-0.15, -0.1) is 0 Å². The van der Waals surface area contributed by atoms with Crippen LogP contribution in [0, 0.1) is 25.7 Å². The molecule has 2 heteroatoms. The normalized spacial score (nSPS) is 23.7. The van der Waals surface area contributed by atoms with Crippen molar-refractivity contribution in [3.05, 3.63) is 29.3 Å². The maximum atomic E-state index is 11.7. The lowest BCUT2D eigenvalue weighted by Gasteiger charge is -2.06. The van der Waals surface area contributed by atoms with Gasteiger partial charge in [0.25, 0.3) is 0 Å². The number of anilines is 1. The number of aryl methyl sites for hydroxylation is 2. The third kappa shape index (κ3) is 2.38. The molecule has 0 radical (unpaired) electrons. The van der Waals surface area contributed by atoms with Gasteiger partial charge in [0.1, 0.15) is 0 Å². The number of amides is 1. The van der Waals surface area contributed by atoms with Gasteiger partial charge in [-0.05, 0) is 49.4 Å². The van der Waals surface area contributed by atoms with Gasteiger partial charge < -0.3 is 5.32 Å². The number of nitrogens with one attached hydrogen (secondary N) is 1. The Morgan fingerprint density at radius 1 is 1.27 bits per heavy atom. The van der Waals surface area contributed by atoms with E-state index in [0.29, 0.717) is 5.92 Å². The van der Waals surface area contributed by atoms with Crippen LogP contribution in [0.1, 0.15) is 24.5 Å². The zero-order valence-electron chi connectivity index (χ0n) is 9.50. The lowest BCUT2D eigenvalue weighted by molar-refractivity contribution is -0.117. The van der Waals surface area contributed by atoms with Crippen molar-refractivity contribution in [1.82, 2.24) is 0 Å². The van der Waals surface area contributed by atoms with Gasteiger partial charge >= 0.3 is 0 Å². The molecule has 2 nitrogen and oxygen atoms in total. The van der Waals surface area contributed by atoms with E-state index in [1.807, 2.05) is 26.0 Å². The van der Waals surface area contributed by atoms with Crippen molar-refractivity contribution in [2.45, 2.75) is 27.2 Å². The molecule has 1 saturated carbocycles. The number of rotatable bonds is 2. The molecule has 1 fully saturated rings. The number of hydrogen-bond acceptors (Lipinski definition) is 1. The van der Waals surface area contributed by atoms with Gasteiger partial charge in [-0.25, -0.2) is 0 Å². The van der Waals surface area contributed by atoms with Gasteiger partial charge in [-0.2, -0.15) is 0 Å². The fourth-order valence-corrected chi connectivity index (χ4v) is 1.97. The molecular weight excluding hydrogens is 186 g/mol. The van der Waals surface area contributed by atoms with E-state index in [9.17, 15) is 4.79 Å². The Bertz CT molecular complexity index is 377. The van der Waals surface area contributed by atoms with E-state index in [4.69, 9.17) is 0 Å². The Morgan fingerprint density at radius 2 is 1.80 bits per heavy atom. The lowest BCUT2D eigenvalue weighted by Crippen LogP contribution is -2.14. The van der Waals surface area contributed by atoms with E-state index >= 15 is 0 Å². The van der Waals surface area contributed by atoms with Crippen molar-refractivity contribution in [3.8, 4) is 0 Å². The van der Waals surface area contributed by atoms with E-state index < -0.39 is 0 Å². The molecule has 1 N–H and O–H groups in total. The molecule has 2 rings (SSSR count). The summed E-state index contributed by atoms with van der Waals surface area (Å²) in [6, 6.07) is 6.13. The number of benzene rings is 1. The minimum atomic E-state index is 0.174. The molecule has 0 unspecified atom stereocenters. The quantitative estimate of drug-likeness (QED) is 0.786. The zero-order valence-corrected chi connectivity index (χ0v) is 9.50. The average molecular weight is 203 g/mol. The second kappa shape index (κ2) is 3.69. The van der Waals surface area contributed by atoms with Crippen LogP contribution in [0.25, 0.3) is 0 Å². The molecule has 0 aliphatic heterocycles. The van der Waals surface area contributed by atoms with Gasteiger partial charge in [0, 0.05) is 11.6 Å². The maximum Gasteiger partial charge on any atom is 0.227 e. The monoisotopic (exact) mass is 203 g/mol. The smallest absolute Gasteiger partial charge is 0.227 e. The molecule has 1 aliphatic rings. The first-order chi connectivity index (χ1) is 7.06. The van der Waals surface area contributed by atoms with Crippen LogP contribution in [-0.4, -0.2) is 5.91 Å². The van der Waals surface area contributed by atoms with E-state index in [-0.39, 0.29) is 11.8 Å². The fraction of sp³-hybridized carbons (Fsp3) is 0.462. The Balaban J connectivity index is 2.07. The molecular formula is C13H17NO. The first-order valence-electron chi connectivity index (χ1n) is 5.45. The summed E-state index contributed by atoms with van der Waals surface area (Å²) in [6.07, 6.45) is 1.04. The topological polar surface area (TPSA) is 29.1 Å². The Kier molecular flexibility index (Phi) is 2.51. The molecule has 2 atom stereocenters. The van der Waals surface area contributed by atoms with Crippen molar-refractivity contribution in [2.24, 2.45) is 11.8 Å². The van der Waals surface area contributed by atoms with Crippen LogP contribution >= 0.6 is 0 Å². The highest BCUT2D eigenvalue weighted by atomic mass is 16.2. The molecule has 0 aromatic heterocycles. The van der Waals surface area contributed by atoms with Crippen molar-refractivity contribution >= 4 is 11.6 Å². The fourth-order valence-electron chi connectivity index (χ4n) is 1.97. The maximum absolute atomic E-state index is 11.7. The molecule has 0 heterocycles. The highest BCUT2D eigenvalue weighted by Crippen LogP contribution is 2.38. The second-order valence-electron chi connectivity index (χ2n) is 4.69. The van der Waals surface area contributed by atoms with Crippen molar-refractivity contribution in [2.75, 3.05) is 5.32 Å². The van der Waals surface area contributed by atoms with Gasteiger partial charge in [0.05, 0.1) is 0 Å². The summed E-state index contributed by atoms with van der Waals surface area (Å²) in [7, 11) is 0. The summed E-state index contributed by atoms with van der Waals surface area (Å²) in [5.74, 6) is 0.981. The average Bonchev–Trinajstić information content (AvgIpc) is 2.80. The third-order valence-corrected chi connectivity index (χ3v) is 2.94. The van der Waals surface area contributed by atoms with Gasteiger partial charge in [-0.3, -0.25) is 4.79 Å². The minimum absolute atomic E-state index is 0.174. The summed E-state index contributed by atoms with van der Waals surface area (Å²) in [6.45, 7) is 6.20. The molecule has 1 aliphatic carbocycles. The first-order valence-corrected chi connectivity index (χ1v) is 5.45. The first kappa shape index (κ1) is 10.2. The Labute approximate surface area is 90.7 Å². The molecule has 0 saturated heterocycles. The molecule has 1 aromatic rings. The SMILES string of the molecule is Cc1cc(C)cc(NC(=O)[C@@H]2C[C@H]2C)c1. The Hall–Kier alpha value is -1.31. The van der Waals surface area contributed by atoms with Gasteiger partial charge in [0.15, 0.2) is 0 Å². The second-order valence-corrected chi connectivity index (χ2v) is 4.69. The van der Waals surface area contributed by atoms with Crippen LogP contribution in [0.3, 0.4) is 0 Å². The third-order valence-electron chi connectivity index (χ3n) is 2.94. The van der Waals surface area contributed by atoms with Gasteiger partial charge in [-0.1, -0.05) is 13.0 Å². The van der Waals surface area contributed by atoms with Crippen LogP contribution < -0.4 is 5.32 Å². The van der Waals surface area contributed by atoms with E-state index in [0.717, 1.165) is 12.1 Å². The molecule has 0 spiro atoms. The highest BCUT2D eigenvalue weighted by molar-refractivity contribution is 5.94. The lowest BCUT2D eigenvalue weighted by atomic mass is 10.1. The van der Waals surface area contributed by atoms with Crippen LogP contribution in [0.5, 0.6) is 0 Å². The molecule has 1 aromatic carbocycles. The highest BCUT2D eigenvalue weighted by Gasteiger charge is 2.38. The molecule has 1 amide bonds. The molecule has 0 bridgehead atoms. The molecule has 15 heavy (non-hydrogen) atoms. The van der Waals surface area contributed by atoms with Gasteiger partial charge in [0.2, 0.25) is 5.91 Å². The largest absolute Gasteiger partial charge is 0.326 e. The predicted octanol–water partition coefficient (Wildman–Crippen LogP) is 2.90. The summed E-state index contributed by atoms with van der Waals surface area (Å²) < 4.78 is 0. The van der Waals surface area contributed by atoms with Crippen LogP contribution in [0.15, 0.2) is 18.2 Å². The van der Waals surface area contributed by atoms with E-state index in [2.05, 4.69) is 18.3 Å². The molecule has 80 valence electrons. The number of carbonyl (C=O) groups is 1. The summed E-state index contributed by atoms with van der Waals surface area (Å²) in [5, 5.41) is 2.98. The standard InChI is InChI=1S/C13H17NO/c1-8-4-9(2)6-11(5-8)14-13(15)12-7-10(12)3/h4-6,10,12H,7H2,1-3H3,(H,14,15)/t10-,12-/m1/s1. The van der Waals surface area contributed by atoms with Crippen LogP contribution in [-0.2, 0) is 4.79 Å². The minimum Gasteiger partial charge on any atom is -0.326 e. The Morgan fingerprint density at radius 3 is 2.27 bits per heavy atom. The number of hydrogen-bond donors (Lipinski definition) is 1. The van der Waals surface area contributed by atoms with E-state index in [1.54, 1.807) is 0 Å². The van der Waals surface area contributed by atoms with Crippen LogP contribution in [0.2, 0.25) is 0 Å². The summed E-state index contributed by atoms with van der Waals surface area (Å²) >= 11 is 0. The van der Waals surface area contributed by atoms with Crippen LogP contribution in [0.4, 0.5) is 5.69 Å². The predicted molar refractivity (Wildman–Crippen MR) is 61.8 cm³/mol. The van der Waals surface area contributed by atoms with Crippen molar-refractivity contribution in [3.63, 3.8) is 0 Å². The summed E-state index contributed by atoms with van der Waals surface area (Å²) in [4.78, 5) is 11.7.